The van der Waals surface area contributed by atoms with Crippen LogP contribution in [0.4, 0.5) is 0 Å². The molecule has 1 atom stereocenters. The van der Waals surface area contributed by atoms with Gasteiger partial charge in [-0.25, -0.2) is 0 Å². The number of hydrogen-bond donors (Lipinski definition) is 2. The van der Waals surface area contributed by atoms with Crippen LogP contribution in [-0.4, -0.2) is 12.5 Å². The summed E-state index contributed by atoms with van der Waals surface area (Å²) in [7, 11) is 0. The van der Waals surface area contributed by atoms with E-state index >= 15 is 0 Å². The highest BCUT2D eigenvalue weighted by Crippen LogP contribution is 2.20. The van der Waals surface area contributed by atoms with Crippen molar-refractivity contribution in [3.63, 3.8) is 0 Å². The van der Waals surface area contributed by atoms with Crippen molar-refractivity contribution >= 4 is 17.2 Å². The topological polar surface area (TPSA) is 55.1 Å². The van der Waals surface area contributed by atoms with Crippen LogP contribution in [0.5, 0.6) is 0 Å². The highest BCUT2D eigenvalue weighted by Gasteiger charge is 2.17. The number of carbonyl (C=O) groups excluding carboxylic acids is 1. The smallest absolute Gasteiger partial charge is 0.224 e. The van der Waals surface area contributed by atoms with Crippen LogP contribution in [0, 0.1) is 25.7 Å². The van der Waals surface area contributed by atoms with Crippen molar-refractivity contribution in [1.82, 2.24) is 5.32 Å². The summed E-state index contributed by atoms with van der Waals surface area (Å²) >= 11 is 1.74. The summed E-state index contributed by atoms with van der Waals surface area (Å²) in [5.41, 5.74) is 6.95. The van der Waals surface area contributed by atoms with Gasteiger partial charge in [0, 0.05) is 16.3 Å². The van der Waals surface area contributed by atoms with Crippen molar-refractivity contribution in [2.45, 2.75) is 40.7 Å². The minimum absolute atomic E-state index is 0.0628. The second-order valence-electron chi connectivity index (χ2n) is 5.23. The Morgan fingerprint density at radius 1 is 1.44 bits per heavy atom. The van der Waals surface area contributed by atoms with Gasteiger partial charge in [-0.1, -0.05) is 13.8 Å². The summed E-state index contributed by atoms with van der Waals surface area (Å²) < 4.78 is 0. The molecule has 3 N–H and O–H groups in total. The predicted molar refractivity (Wildman–Crippen MR) is 77.6 cm³/mol. The maximum absolute atomic E-state index is 12.0. The van der Waals surface area contributed by atoms with E-state index in [1.807, 2.05) is 0 Å². The standard InChI is InChI=1S/C14H24N2OS/c1-9(2)5-12(7-15)14(17)16-8-13-6-10(3)11(4)18-13/h6,9,12H,5,7-8,15H2,1-4H3,(H,16,17). The number of nitrogens with one attached hydrogen (secondary N) is 1. The molecule has 1 heterocycles. The maximum atomic E-state index is 12.0. The number of thiophene rings is 1. The highest BCUT2D eigenvalue weighted by molar-refractivity contribution is 7.12. The van der Waals surface area contributed by atoms with Gasteiger partial charge in [0.1, 0.15) is 0 Å². The van der Waals surface area contributed by atoms with Crippen LogP contribution >= 0.6 is 11.3 Å². The third kappa shape index (κ3) is 4.42. The van der Waals surface area contributed by atoms with E-state index in [9.17, 15) is 4.79 Å². The van der Waals surface area contributed by atoms with E-state index < -0.39 is 0 Å². The molecule has 0 saturated carbocycles. The molecule has 0 aliphatic rings. The van der Waals surface area contributed by atoms with Crippen molar-refractivity contribution < 1.29 is 4.79 Å². The number of rotatable bonds is 6. The Labute approximate surface area is 114 Å². The molecule has 1 amide bonds. The number of hydrogen-bond acceptors (Lipinski definition) is 3. The Morgan fingerprint density at radius 2 is 2.11 bits per heavy atom. The lowest BCUT2D eigenvalue weighted by Gasteiger charge is -2.16. The lowest BCUT2D eigenvalue weighted by molar-refractivity contribution is -0.125. The minimum Gasteiger partial charge on any atom is -0.351 e. The summed E-state index contributed by atoms with van der Waals surface area (Å²) in [6.07, 6.45) is 0.852. The summed E-state index contributed by atoms with van der Waals surface area (Å²) in [5.74, 6) is 0.512. The van der Waals surface area contributed by atoms with Crippen LogP contribution in [0.15, 0.2) is 6.07 Å². The van der Waals surface area contributed by atoms with Gasteiger partial charge in [0.25, 0.3) is 0 Å². The molecule has 18 heavy (non-hydrogen) atoms. The van der Waals surface area contributed by atoms with Gasteiger partial charge in [-0.2, -0.15) is 0 Å². The second-order valence-corrected chi connectivity index (χ2v) is 6.57. The van der Waals surface area contributed by atoms with Gasteiger partial charge in [0.15, 0.2) is 0 Å². The average molecular weight is 268 g/mol. The molecule has 1 unspecified atom stereocenters. The summed E-state index contributed by atoms with van der Waals surface area (Å²) in [5, 5.41) is 2.99. The molecule has 1 rings (SSSR count). The SMILES string of the molecule is Cc1cc(CNC(=O)C(CN)CC(C)C)sc1C. The first-order valence-electron chi connectivity index (χ1n) is 6.47. The van der Waals surface area contributed by atoms with E-state index in [0.29, 0.717) is 19.0 Å². The van der Waals surface area contributed by atoms with Crippen LogP contribution in [0.2, 0.25) is 0 Å². The number of carbonyl (C=O) groups is 1. The van der Waals surface area contributed by atoms with Crippen molar-refractivity contribution in [1.29, 1.82) is 0 Å². The Morgan fingerprint density at radius 3 is 2.56 bits per heavy atom. The normalized spacial score (nSPS) is 12.8. The van der Waals surface area contributed by atoms with Crippen molar-refractivity contribution in [2.24, 2.45) is 17.6 Å². The molecule has 4 heteroatoms. The largest absolute Gasteiger partial charge is 0.351 e. The zero-order valence-electron chi connectivity index (χ0n) is 11.7. The molecule has 3 nitrogen and oxygen atoms in total. The first kappa shape index (κ1) is 15.2. The monoisotopic (exact) mass is 268 g/mol. The van der Waals surface area contributed by atoms with Gasteiger partial charge in [-0.05, 0) is 37.8 Å². The third-order valence-corrected chi connectivity index (χ3v) is 4.22. The van der Waals surface area contributed by atoms with E-state index in [1.165, 1.54) is 15.3 Å². The lowest BCUT2D eigenvalue weighted by Crippen LogP contribution is -2.35. The van der Waals surface area contributed by atoms with E-state index in [1.54, 1.807) is 11.3 Å². The molecule has 0 spiro atoms. The number of nitrogens with two attached hydrogens (primary N) is 1. The second kappa shape index (κ2) is 6.90. The van der Waals surface area contributed by atoms with Crippen LogP contribution in [0.1, 0.15) is 35.6 Å². The molecule has 0 radical (unpaired) electrons. The van der Waals surface area contributed by atoms with E-state index in [4.69, 9.17) is 5.73 Å². The first-order chi connectivity index (χ1) is 8.43. The van der Waals surface area contributed by atoms with Gasteiger partial charge >= 0.3 is 0 Å². The molecule has 0 bridgehead atoms. The Bertz CT molecular complexity index is 379. The molecule has 102 valence electrons. The van der Waals surface area contributed by atoms with Gasteiger partial charge in [-0.15, -0.1) is 11.3 Å². The van der Waals surface area contributed by atoms with Crippen LogP contribution in [0.25, 0.3) is 0 Å². The minimum atomic E-state index is -0.0628. The summed E-state index contributed by atoms with van der Waals surface area (Å²) in [6, 6.07) is 2.14. The zero-order chi connectivity index (χ0) is 13.7. The first-order valence-corrected chi connectivity index (χ1v) is 7.29. The molecule has 0 fully saturated rings. The maximum Gasteiger partial charge on any atom is 0.224 e. The molecule has 0 aliphatic heterocycles. The van der Waals surface area contributed by atoms with Crippen LogP contribution < -0.4 is 11.1 Å². The molecular formula is C14H24N2OS. The molecule has 1 aromatic heterocycles. The fourth-order valence-electron chi connectivity index (χ4n) is 1.93. The molecule has 0 aromatic carbocycles. The van der Waals surface area contributed by atoms with Crippen molar-refractivity contribution in [3.8, 4) is 0 Å². The van der Waals surface area contributed by atoms with E-state index in [2.05, 4.69) is 39.1 Å². The van der Waals surface area contributed by atoms with Gasteiger partial charge in [-0.3, -0.25) is 4.79 Å². The third-order valence-electron chi connectivity index (χ3n) is 3.07. The zero-order valence-corrected chi connectivity index (χ0v) is 12.6. The van der Waals surface area contributed by atoms with Crippen LogP contribution in [0.3, 0.4) is 0 Å². The average Bonchev–Trinajstić information content (AvgIpc) is 2.62. The summed E-state index contributed by atoms with van der Waals surface area (Å²) in [6.45, 7) is 9.47. The summed E-state index contributed by atoms with van der Waals surface area (Å²) in [4.78, 5) is 14.5. The van der Waals surface area contributed by atoms with Gasteiger partial charge < -0.3 is 11.1 Å². The Hall–Kier alpha value is -0.870. The van der Waals surface area contributed by atoms with Crippen molar-refractivity contribution in [2.75, 3.05) is 6.54 Å². The Kier molecular flexibility index (Phi) is 5.82. The van der Waals surface area contributed by atoms with E-state index in [-0.39, 0.29) is 11.8 Å². The van der Waals surface area contributed by atoms with Crippen molar-refractivity contribution in [3.05, 3.63) is 21.4 Å². The fourth-order valence-corrected chi connectivity index (χ4v) is 2.93. The van der Waals surface area contributed by atoms with Crippen LogP contribution in [-0.2, 0) is 11.3 Å². The fraction of sp³-hybridized carbons (Fsp3) is 0.643. The number of aryl methyl sites for hydroxylation is 2. The molecular weight excluding hydrogens is 244 g/mol. The van der Waals surface area contributed by atoms with E-state index in [0.717, 1.165) is 6.42 Å². The van der Waals surface area contributed by atoms with Gasteiger partial charge in [0.2, 0.25) is 5.91 Å². The molecule has 0 saturated heterocycles. The quantitative estimate of drug-likeness (QED) is 0.833. The lowest BCUT2D eigenvalue weighted by atomic mass is 9.96. The molecule has 0 aliphatic carbocycles. The Balaban J connectivity index is 2.49. The molecule has 1 aromatic rings. The predicted octanol–water partition coefficient (Wildman–Crippen LogP) is 2.60. The van der Waals surface area contributed by atoms with Gasteiger partial charge in [0.05, 0.1) is 12.5 Å². The number of amides is 1. The highest BCUT2D eigenvalue weighted by atomic mass is 32.1.